The first-order valence-corrected chi connectivity index (χ1v) is 6.40. The molecule has 0 amide bonds. The van der Waals surface area contributed by atoms with Gasteiger partial charge >= 0.3 is 5.97 Å². The van der Waals surface area contributed by atoms with Crippen LogP contribution in [-0.4, -0.2) is 16.1 Å². The van der Waals surface area contributed by atoms with Crippen molar-refractivity contribution in [2.75, 3.05) is 0 Å². The lowest BCUT2D eigenvalue weighted by molar-refractivity contribution is -0.142. The second-order valence-electron chi connectivity index (χ2n) is 4.97. The van der Waals surface area contributed by atoms with Crippen molar-refractivity contribution in [2.24, 2.45) is 5.92 Å². The summed E-state index contributed by atoms with van der Waals surface area (Å²) in [6.07, 6.45) is 5.13. The second kappa shape index (κ2) is 4.53. The van der Waals surface area contributed by atoms with Crippen molar-refractivity contribution in [3.8, 4) is 0 Å². The van der Waals surface area contributed by atoms with Crippen LogP contribution in [0.3, 0.4) is 0 Å². The topological polar surface area (TPSA) is 63.3 Å². The Balaban J connectivity index is 2.05. The predicted octanol–water partition coefficient (Wildman–Crippen LogP) is 3.27. The van der Waals surface area contributed by atoms with Gasteiger partial charge in [0.2, 0.25) is 0 Å². The zero-order chi connectivity index (χ0) is 13.4. The highest BCUT2D eigenvalue weighted by atomic mass is 16.4. The molecule has 3 rings (SSSR count). The fourth-order valence-electron chi connectivity index (χ4n) is 2.62. The van der Waals surface area contributed by atoms with Crippen molar-refractivity contribution in [3.05, 3.63) is 41.8 Å². The van der Waals surface area contributed by atoms with Gasteiger partial charge in [-0.15, -0.1) is 0 Å². The lowest BCUT2D eigenvalue weighted by Gasteiger charge is -2.21. The largest absolute Gasteiger partial charge is 0.481 e. The minimum absolute atomic E-state index is 0.172. The van der Waals surface area contributed by atoms with Gasteiger partial charge in [0.05, 0.1) is 11.8 Å². The van der Waals surface area contributed by atoms with Gasteiger partial charge in [-0.05, 0) is 31.4 Å². The van der Waals surface area contributed by atoms with Crippen molar-refractivity contribution in [1.82, 2.24) is 4.98 Å². The van der Waals surface area contributed by atoms with Gasteiger partial charge in [0.1, 0.15) is 5.52 Å². The molecule has 1 N–H and O–H groups in total. The number of oxazole rings is 1. The van der Waals surface area contributed by atoms with Crippen LogP contribution in [0.5, 0.6) is 0 Å². The maximum Gasteiger partial charge on any atom is 0.307 e. The molecule has 19 heavy (non-hydrogen) atoms. The summed E-state index contributed by atoms with van der Waals surface area (Å²) >= 11 is 0. The van der Waals surface area contributed by atoms with Gasteiger partial charge in [0.25, 0.3) is 0 Å². The van der Waals surface area contributed by atoms with Gasteiger partial charge in [-0.3, -0.25) is 4.79 Å². The highest BCUT2D eigenvalue weighted by Crippen LogP contribution is 2.36. The van der Waals surface area contributed by atoms with Crippen LogP contribution in [0.2, 0.25) is 0 Å². The molecule has 4 heteroatoms. The number of rotatable bonds is 2. The lowest BCUT2D eigenvalue weighted by Crippen LogP contribution is -2.23. The average molecular weight is 257 g/mol. The van der Waals surface area contributed by atoms with E-state index in [0.717, 1.165) is 16.7 Å². The van der Waals surface area contributed by atoms with E-state index in [9.17, 15) is 9.90 Å². The van der Waals surface area contributed by atoms with Gasteiger partial charge in [-0.1, -0.05) is 24.3 Å². The van der Waals surface area contributed by atoms with E-state index in [-0.39, 0.29) is 5.92 Å². The Kier molecular flexibility index (Phi) is 2.85. The van der Waals surface area contributed by atoms with E-state index in [1.165, 1.54) is 0 Å². The standard InChI is InChI=1S/C15H15NO3/c1-9-5-4-8-12-13(9)19-14(16-12)10-6-2-3-7-11(10)15(17)18/h2-5,8,10-11H,6-7H2,1H3,(H,17,18)/t10-,11+/m1/s1. The number of carboxylic acid groups (broad SMARTS) is 1. The van der Waals surface area contributed by atoms with Crippen LogP contribution >= 0.6 is 0 Å². The molecule has 0 saturated carbocycles. The zero-order valence-electron chi connectivity index (χ0n) is 10.7. The quantitative estimate of drug-likeness (QED) is 0.839. The number of carboxylic acids is 1. The summed E-state index contributed by atoms with van der Waals surface area (Å²) in [5.74, 6) is -0.859. The Labute approximate surface area is 110 Å². The summed E-state index contributed by atoms with van der Waals surface area (Å²) in [7, 11) is 0. The SMILES string of the molecule is Cc1cccc2nc([C@@H]3CC=CC[C@@H]3C(=O)O)oc12. The molecular formula is C15H15NO3. The minimum atomic E-state index is -0.784. The third-order valence-corrected chi connectivity index (χ3v) is 3.70. The predicted molar refractivity (Wildman–Crippen MR) is 71.0 cm³/mol. The molecule has 1 heterocycles. The van der Waals surface area contributed by atoms with E-state index in [1.807, 2.05) is 37.3 Å². The zero-order valence-corrected chi connectivity index (χ0v) is 10.7. The Hall–Kier alpha value is -2.10. The first kappa shape index (κ1) is 12.0. The summed E-state index contributed by atoms with van der Waals surface area (Å²) in [6.45, 7) is 1.97. The molecule has 1 aromatic carbocycles. The molecule has 1 aromatic heterocycles. The monoisotopic (exact) mass is 257 g/mol. The van der Waals surface area contributed by atoms with Crippen molar-refractivity contribution >= 4 is 17.1 Å². The van der Waals surface area contributed by atoms with Crippen molar-refractivity contribution < 1.29 is 14.3 Å². The molecule has 2 atom stereocenters. The molecule has 0 bridgehead atoms. The molecule has 0 unspecified atom stereocenters. The average Bonchev–Trinajstić information content (AvgIpc) is 2.84. The number of benzene rings is 1. The summed E-state index contributed by atoms with van der Waals surface area (Å²) in [5, 5.41) is 9.30. The maximum absolute atomic E-state index is 11.3. The number of para-hydroxylation sites is 1. The Morgan fingerprint density at radius 2 is 2.16 bits per heavy atom. The van der Waals surface area contributed by atoms with Crippen molar-refractivity contribution in [2.45, 2.75) is 25.7 Å². The third kappa shape index (κ3) is 2.03. The molecule has 0 aliphatic heterocycles. The number of hydrogen-bond acceptors (Lipinski definition) is 3. The Morgan fingerprint density at radius 3 is 2.89 bits per heavy atom. The van der Waals surface area contributed by atoms with E-state index in [4.69, 9.17) is 4.42 Å². The highest BCUT2D eigenvalue weighted by molar-refractivity contribution is 5.76. The van der Waals surface area contributed by atoms with Gasteiger partial charge in [0.15, 0.2) is 11.5 Å². The smallest absolute Gasteiger partial charge is 0.307 e. The van der Waals surface area contributed by atoms with E-state index in [0.29, 0.717) is 18.7 Å². The molecule has 2 aromatic rings. The normalized spacial score (nSPS) is 22.8. The Morgan fingerprint density at radius 1 is 1.37 bits per heavy atom. The van der Waals surface area contributed by atoms with Gasteiger partial charge in [-0.2, -0.15) is 0 Å². The van der Waals surface area contributed by atoms with Crippen LogP contribution in [0, 0.1) is 12.8 Å². The maximum atomic E-state index is 11.3. The number of nitrogens with zero attached hydrogens (tertiary/aromatic N) is 1. The van der Waals surface area contributed by atoms with Crippen molar-refractivity contribution in [1.29, 1.82) is 0 Å². The molecule has 0 fully saturated rings. The summed E-state index contributed by atoms with van der Waals surface area (Å²) in [4.78, 5) is 15.8. The minimum Gasteiger partial charge on any atom is -0.481 e. The number of hydrogen-bond donors (Lipinski definition) is 1. The van der Waals surface area contributed by atoms with Gasteiger partial charge < -0.3 is 9.52 Å². The first-order valence-electron chi connectivity index (χ1n) is 6.40. The number of aliphatic carboxylic acids is 1. The number of carbonyl (C=O) groups is 1. The molecule has 98 valence electrons. The second-order valence-corrected chi connectivity index (χ2v) is 4.97. The number of aryl methyl sites for hydroxylation is 1. The fourth-order valence-corrected chi connectivity index (χ4v) is 2.62. The highest BCUT2D eigenvalue weighted by Gasteiger charge is 2.33. The van der Waals surface area contributed by atoms with Crippen molar-refractivity contribution in [3.63, 3.8) is 0 Å². The van der Waals surface area contributed by atoms with E-state index in [1.54, 1.807) is 0 Å². The first-order chi connectivity index (χ1) is 9.16. The van der Waals surface area contributed by atoms with Gasteiger partial charge in [-0.25, -0.2) is 4.98 Å². The number of fused-ring (bicyclic) bond motifs is 1. The fraction of sp³-hybridized carbons (Fsp3) is 0.333. The van der Waals surface area contributed by atoms with Crippen LogP contribution in [0.1, 0.15) is 30.2 Å². The van der Waals surface area contributed by atoms with Gasteiger partial charge in [0, 0.05) is 0 Å². The number of allylic oxidation sites excluding steroid dienone is 2. The van der Waals surface area contributed by atoms with Crippen LogP contribution in [0.4, 0.5) is 0 Å². The van der Waals surface area contributed by atoms with E-state index in [2.05, 4.69) is 4.98 Å². The van der Waals surface area contributed by atoms with E-state index < -0.39 is 11.9 Å². The molecule has 0 saturated heterocycles. The number of aromatic nitrogens is 1. The summed E-state index contributed by atoms with van der Waals surface area (Å²) in [6, 6.07) is 5.79. The molecular weight excluding hydrogens is 242 g/mol. The van der Waals surface area contributed by atoms with Crippen LogP contribution in [0.25, 0.3) is 11.1 Å². The molecule has 0 radical (unpaired) electrons. The molecule has 1 aliphatic carbocycles. The summed E-state index contributed by atoms with van der Waals surface area (Å²) < 4.78 is 5.81. The van der Waals surface area contributed by atoms with E-state index >= 15 is 0 Å². The molecule has 1 aliphatic rings. The molecule has 4 nitrogen and oxygen atoms in total. The summed E-state index contributed by atoms with van der Waals surface area (Å²) in [5.41, 5.74) is 2.58. The Bertz CT molecular complexity index is 656. The third-order valence-electron chi connectivity index (χ3n) is 3.70. The lowest BCUT2D eigenvalue weighted by atomic mass is 9.83. The van der Waals surface area contributed by atoms with Crippen LogP contribution in [0.15, 0.2) is 34.8 Å². The van der Waals surface area contributed by atoms with Crippen LogP contribution in [-0.2, 0) is 4.79 Å². The van der Waals surface area contributed by atoms with Crippen LogP contribution < -0.4 is 0 Å². The molecule has 0 spiro atoms.